The molecule has 0 spiro atoms. The highest BCUT2D eigenvalue weighted by Gasteiger charge is 2.35. The number of hydrogen-bond acceptors (Lipinski definition) is 9. The summed E-state index contributed by atoms with van der Waals surface area (Å²) in [4.78, 5) is 32.2. The molecule has 10 heteroatoms. The van der Waals surface area contributed by atoms with Crippen molar-refractivity contribution in [2.24, 2.45) is 0 Å². The maximum absolute atomic E-state index is 12.7. The summed E-state index contributed by atoms with van der Waals surface area (Å²) in [5.74, 6) is 2.48. The van der Waals surface area contributed by atoms with Gasteiger partial charge in [0.05, 0.1) is 23.6 Å². The fourth-order valence-electron chi connectivity index (χ4n) is 4.91. The predicted molar refractivity (Wildman–Crippen MR) is 137 cm³/mol. The molecule has 5 heterocycles. The first-order valence-electron chi connectivity index (χ1n) is 12.0. The van der Waals surface area contributed by atoms with Crippen LogP contribution in [0.1, 0.15) is 35.0 Å². The number of piperazine rings is 1. The molecule has 1 amide bonds. The van der Waals surface area contributed by atoms with E-state index in [0.717, 1.165) is 77.8 Å². The average molecular weight is 492 g/mol. The molecule has 9 nitrogen and oxygen atoms in total. The second-order valence-electron chi connectivity index (χ2n) is 9.87. The monoisotopic (exact) mass is 491 g/mol. The van der Waals surface area contributed by atoms with Gasteiger partial charge in [0.1, 0.15) is 28.9 Å². The van der Waals surface area contributed by atoms with Crippen LogP contribution < -0.4 is 25.2 Å². The first kappa shape index (κ1) is 22.2. The normalized spacial score (nSPS) is 19.0. The second kappa shape index (κ2) is 8.46. The van der Waals surface area contributed by atoms with E-state index in [1.807, 2.05) is 26.8 Å². The molecular formula is C25H29N7O2S. The third-order valence-corrected chi connectivity index (χ3v) is 7.69. The smallest absolute Gasteiger partial charge is 0.263 e. The van der Waals surface area contributed by atoms with Crippen molar-refractivity contribution in [1.82, 2.24) is 25.6 Å². The number of thiazole rings is 1. The number of aryl methyl sites for hydroxylation is 1. The van der Waals surface area contributed by atoms with E-state index in [2.05, 4.69) is 38.6 Å². The zero-order valence-electron chi connectivity index (χ0n) is 20.2. The number of benzene rings is 1. The number of nitrogens with one attached hydrogen (secondary N) is 2. The lowest BCUT2D eigenvalue weighted by atomic mass is 9.94. The third-order valence-electron chi connectivity index (χ3n) is 6.57. The second-order valence-corrected chi connectivity index (χ2v) is 10.8. The molecule has 0 bridgehead atoms. The minimum Gasteiger partial charge on any atom is -0.490 e. The standard InChI is InChI=1S/C25H29N7O2S/c1-15-27-17(13-21(28-15)31-8-6-26-7-9-31)16-4-5-20-19(12-16)32(10-11-34-20)24-29-18-14-25(2,3)30-23(33)22(18)35-24/h4-5,12-13,26H,6-11,14H2,1-3H3,(H,30,33). The summed E-state index contributed by atoms with van der Waals surface area (Å²) in [5, 5.41) is 7.30. The molecule has 35 heavy (non-hydrogen) atoms. The number of nitrogens with zero attached hydrogens (tertiary/aromatic N) is 5. The van der Waals surface area contributed by atoms with Crippen LogP contribution in [-0.2, 0) is 6.42 Å². The summed E-state index contributed by atoms with van der Waals surface area (Å²) in [6, 6.07) is 8.24. The number of ether oxygens (including phenoxy) is 1. The molecule has 0 atom stereocenters. The zero-order chi connectivity index (χ0) is 24.2. The molecule has 6 rings (SSSR count). The Hall–Kier alpha value is -3.24. The minimum absolute atomic E-state index is 0.0425. The fraction of sp³-hybridized carbons (Fsp3) is 0.440. The van der Waals surface area contributed by atoms with E-state index in [1.54, 1.807) is 0 Å². The van der Waals surface area contributed by atoms with Crippen LogP contribution in [-0.4, -0.2) is 65.7 Å². The van der Waals surface area contributed by atoms with Crippen molar-refractivity contribution in [2.75, 3.05) is 49.1 Å². The van der Waals surface area contributed by atoms with Gasteiger partial charge < -0.3 is 25.2 Å². The van der Waals surface area contributed by atoms with Crippen molar-refractivity contribution in [3.05, 3.63) is 40.7 Å². The first-order chi connectivity index (χ1) is 16.9. The van der Waals surface area contributed by atoms with Crippen LogP contribution in [0, 0.1) is 6.92 Å². The molecule has 3 aliphatic rings. The van der Waals surface area contributed by atoms with E-state index in [4.69, 9.17) is 19.7 Å². The van der Waals surface area contributed by atoms with Gasteiger partial charge in [0, 0.05) is 49.8 Å². The van der Waals surface area contributed by atoms with Crippen molar-refractivity contribution in [1.29, 1.82) is 0 Å². The summed E-state index contributed by atoms with van der Waals surface area (Å²) >= 11 is 1.45. The van der Waals surface area contributed by atoms with Gasteiger partial charge in [-0.05, 0) is 39.0 Å². The largest absolute Gasteiger partial charge is 0.490 e. The number of hydrogen-bond donors (Lipinski definition) is 2. The Morgan fingerprint density at radius 1 is 1.09 bits per heavy atom. The van der Waals surface area contributed by atoms with E-state index in [9.17, 15) is 4.79 Å². The highest BCUT2D eigenvalue weighted by atomic mass is 32.1. The summed E-state index contributed by atoms with van der Waals surface area (Å²) < 4.78 is 5.97. The molecule has 0 saturated carbocycles. The Bertz CT molecular complexity index is 1300. The van der Waals surface area contributed by atoms with Gasteiger partial charge >= 0.3 is 0 Å². The van der Waals surface area contributed by atoms with E-state index in [0.29, 0.717) is 18.0 Å². The minimum atomic E-state index is -0.293. The van der Waals surface area contributed by atoms with Crippen LogP contribution in [0.25, 0.3) is 11.3 Å². The third kappa shape index (κ3) is 4.21. The first-order valence-corrected chi connectivity index (χ1v) is 12.9. The maximum atomic E-state index is 12.7. The Morgan fingerprint density at radius 3 is 2.74 bits per heavy atom. The molecule has 3 aromatic rings. The number of amides is 1. The van der Waals surface area contributed by atoms with E-state index in [1.165, 1.54) is 11.3 Å². The average Bonchev–Trinajstić information content (AvgIpc) is 3.26. The topological polar surface area (TPSA) is 95.5 Å². The Labute approximate surface area is 208 Å². The molecular weight excluding hydrogens is 462 g/mol. The number of anilines is 3. The van der Waals surface area contributed by atoms with Crippen molar-refractivity contribution in [2.45, 2.75) is 32.7 Å². The van der Waals surface area contributed by atoms with Gasteiger partial charge in [-0.1, -0.05) is 11.3 Å². The lowest BCUT2D eigenvalue weighted by Gasteiger charge is -2.30. The number of rotatable bonds is 3. The molecule has 2 aromatic heterocycles. The molecule has 182 valence electrons. The summed E-state index contributed by atoms with van der Waals surface area (Å²) in [5.41, 5.74) is 3.41. The maximum Gasteiger partial charge on any atom is 0.263 e. The van der Waals surface area contributed by atoms with Gasteiger partial charge in [-0.25, -0.2) is 15.0 Å². The summed E-state index contributed by atoms with van der Waals surface area (Å²) in [6.07, 6.45) is 0.719. The van der Waals surface area contributed by atoms with Crippen LogP contribution >= 0.6 is 11.3 Å². The molecule has 0 aliphatic carbocycles. The Kier molecular flexibility index (Phi) is 5.37. The van der Waals surface area contributed by atoms with Crippen molar-refractivity contribution >= 4 is 33.9 Å². The van der Waals surface area contributed by atoms with E-state index in [-0.39, 0.29) is 11.4 Å². The molecule has 1 aromatic carbocycles. The number of carbonyl (C=O) groups is 1. The molecule has 0 unspecified atom stereocenters. The van der Waals surface area contributed by atoms with Crippen LogP contribution in [0.4, 0.5) is 16.6 Å². The zero-order valence-corrected chi connectivity index (χ0v) is 21.0. The van der Waals surface area contributed by atoms with Crippen molar-refractivity contribution in [3.8, 4) is 17.0 Å². The number of carbonyl (C=O) groups excluding carboxylic acids is 1. The SMILES string of the molecule is Cc1nc(-c2ccc3c(c2)N(c2nc4c(s2)C(=O)NC(C)(C)C4)CCO3)cc(N2CCNCC2)n1. The molecule has 3 aliphatic heterocycles. The van der Waals surface area contributed by atoms with Gasteiger partial charge in [0.15, 0.2) is 5.13 Å². The van der Waals surface area contributed by atoms with E-state index < -0.39 is 0 Å². The van der Waals surface area contributed by atoms with Gasteiger partial charge in [0.2, 0.25) is 0 Å². The Balaban J connectivity index is 1.37. The quantitative estimate of drug-likeness (QED) is 0.578. The number of fused-ring (bicyclic) bond motifs is 2. The Morgan fingerprint density at radius 2 is 1.91 bits per heavy atom. The highest BCUT2D eigenvalue weighted by molar-refractivity contribution is 7.17. The number of aromatic nitrogens is 3. The van der Waals surface area contributed by atoms with Gasteiger partial charge in [0.25, 0.3) is 5.91 Å². The van der Waals surface area contributed by atoms with Gasteiger partial charge in [-0.2, -0.15) is 0 Å². The molecule has 2 N–H and O–H groups in total. The molecule has 1 saturated heterocycles. The summed E-state index contributed by atoms with van der Waals surface area (Å²) in [6.45, 7) is 11.0. The van der Waals surface area contributed by atoms with Crippen LogP contribution in [0.3, 0.4) is 0 Å². The molecule has 1 fully saturated rings. The van der Waals surface area contributed by atoms with Crippen LogP contribution in [0.2, 0.25) is 0 Å². The summed E-state index contributed by atoms with van der Waals surface area (Å²) in [7, 11) is 0. The van der Waals surface area contributed by atoms with Gasteiger partial charge in [-0.15, -0.1) is 0 Å². The van der Waals surface area contributed by atoms with E-state index >= 15 is 0 Å². The van der Waals surface area contributed by atoms with Gasteiger partial charge in [-0.3, -0.25) is 4.79 Å². The van der Waals surface area contributed by atoms with Crippen LogP contribution in [0.15, 0.2) is 24.3 Å². The fourth-order valence-corrected chi connectivity index (χ4v) is 5.93. The lowest BCUT2D eigenvalue weighted by molar-refractivity contribution is 0.0901. The predicted octanol–water partition coefficient (Wildman–Crippen LogP) is 2.91. The molecule has 0 radical (unpaired) electrons. The van der Waals surface area contributed by atoms with Crippen molar-refractivity contribution in [3.63, 3.8) is 0 Å². The van der Waals surface area contributed by atoms with Crippen molar-refractivity contribution < 1.29 is 9.53 Å². The van der Waals surface area contributed by atoms with Crippen LogP contribution in [0.5, 0.6) is 5.75 Å². The highest BCUT2D eigenvalue weighted by Crippen LogP contribution is 2.42. The lowest BCUT2D eigenvalue weighted by Crippen LogP contribution is -2.48.